The Bertz CT molecular complexity index is 971. The molecule has 3 rings (SSSR count). The second kappa shape index (κ2) is 10.1. The average molecular weight is 388 g/mol. The maximum Gasteiger partial charge on any atom is 0.412 e. The molecule has 0 spiro atoms. The molecule has 0 unspecified atom stereocenters. The zero-order valence-electron chi connectivity index (χ0n) is 16.1. The molecule has 0 heterocycles. The first-order chi connectivity index (χ1) is 14.1. The van der Waals surface area contributed by atoms with Crippen molar-refractivity contribution in [2.75, 3.05) is 6.54 Å². The van der Waals surface area contributed by atoms with Crippen LogP contribution in [0.1, 0.15) is 28.8 Å². The third-order valence-electron chi connectivity index (χ3n) is 4.53. The van der Waals surface area contributed by atoms with E-state index in [1.165, 1.54) is 5.56 Å². The van der Waals surface area contributed by atoms with E-state index in [1.807, 2.05) is 30.3 Å². The standard InChI is InChI=1S/C24H24N2O3/c25-23(27)21-13-6-11-19(16-21)20-12-7-14-22(17-20)29-24(28)26-15-5-4-10-18-8-2-1-3-9-18/h1-3,6-9,11-14,16-17H,4-5,10,15H2,(H2,25,27)(H,26,28). The molecule has 0 saturated heterocycles. The summed E-state index contributed by atoms with van der Waals surface area (Å²) in [6.45, 7) is 0.562. The number of carbonyl (C=O) groups is 2. The second-order valence-corrected chi connectivity index (χ2v) is 6.73. The minimum Gasteiger partial charge on any atom is -0.410 e. The highest BCUT2D eigenvalue weighted by Gasteiger charge is 2.07. The van der Waals surface area contributed by atoms with E-state index >= 15 is 0 Å². The predicted octanol–water partition coefficient (Wildman–Crippen LogP) is 4.56. The second-order valence-electron chi connectivity index (χ2n) is 6.73. The lowest BCUT2D eigenvalue weighted by Gasteiger charge is -2.09. The lowest BCUT2D eigenvalue weighted by atomic mass is 10.0. The lowest BCUT2D eigenvalue weighted by Crippen LogP contribution is -2.27. The van der Waals surface area contributed by atoms with Gasteiger partial charge in [-0.05, 0) is 60.2 Å². The van der Waals surface area contributed by atoms with Crippen LogP contribution in [0.3, 0.4) is 0 Å². The van der Waals surface area contributed by atoms with Crippen LogP contribution >= 0.6 is 0 Å². The van der Waals surface area contributed by atoms with Gasteiger partial charge in [-0.3, -0.25) is 4.79 Å². The topological polar surface area (TPSA) is 81.4 Å². The van der Waals surface area contributed by atoms with Crippen molar-refractivity contribution < 1.29 is 14.3 Å². The van der Waals surface area contributed by atoms with Gasteiger partial charge in [0.15, 0.2) is 0 Å². The van der Waals surface area contributed by atoms with Gasteiger partial charge in [-0.2, -0.15) is 0 Å². The molecule has 0 bridgehead atoms. The maximum atomic E-state index is 12.0. The van der Waals surface area contributed by atoms with Crippen LogP contribution in [0.5, 0.6) is 5.75 Å². The van der Waals surface area contributed by atoms with Crippen LogP contribution in [0.4, 0.5) is 4.79 Å². The molecule has 0 fully saturated rings. The number of carbonyl (C=O) groups excluding carboxylic acids is 2. The van der Waals surface area contributed by atoms with E-state index in [2.05, 4.69) is 17.4 Å². The van der Waals surface area contributed by atoms with Crippen LogP contribution in [0.15, 0.2) is 78.9 Å². The number of nitrogens with one attached hydrogen (secondary N) is 1. The summed E-state index contributed by atoms with van der Waals surface area (Å²) in [4.78, 5) is 23.4. The molecular formula is C24H24N2O3. The van der Waals surface area contributed by atoms with Crippen LogP contribution in [0, 0.1) is 0 Å². The molecule has 0 atom stereocenters. The van der Waals surface area contributed by atoms with E-state index in [9.17, 15) is 9.59 Å². The summed E-state index contributed by atoms with van der Waals surface area (Å²) in [6.07, 6.45) is 2.39. The van der Waals surface area contributed by atoms with Gasteiger partial charge in [-0.15, -0.1) is 0 Å². The van der Waals surface area contributed by atoms with E-state index in [1.54, 1.807) is 36.4 Å². The largest absolute Gasteiger partial charge is 0.412 e. The number of hydrogen-bond donors (Lipinski definition) is 2. The Morgan fingerprint density at radius 1 is 0.828 bits per heavy atom. The normalized spacial score (nSPS) is 10.3. The summed E-state index contributed by atoms with van der Waals surface area (Å²) in [5, 5.41) is 2.78. The Balaban J connectivity index is 1.49. The number of primary amides is 1. The number of aryl methyl sites for hydroxylation is 1. The minimum atomic E-state index is -0.481. The molecule has 0 radical (unpaired) electrons. The molecule has 5 nitrogen and oxygen atoms in total. The van der Waals surface area contributed by atoms with E-state index in [-0.39, 0.29) is 0 Å². The smallest absolute Gasteiger partial charge is 0.410 e. The SMILES string of the molecule is NC(=O)c1cccc(-c2cccc(OC(=O)NCCCCc3ccccc3)c2)c1. The van der Waals surface area contributed by atoms with E-state index in [0.717, 1.165) is 30.4 Å². The molecule has 5 heteroatoms. The van der Waals surface area contributed by atoms with Crippen molar-refractivity contribution in [2.24, 2.45) is 5.73 Å². The van der Waals surface area contributed by atoms with Crippen molar-refractivity contribution in [3.8, 4) is 16.9 Å². The quantitative estimate of drug-likeness (QED) is 0.555. The fourth-order valence-electron chi connectivity index (χ4n) is 3.02. The molecule has 0 aliphatic heterocycles. The van der Waals surface area contributed by atoms with Gasteiger partial charge in [0, 0.05) is 12.1 Å². The van der Waals surface area contributed by atoms with Gasteiger partial charge in [-0.1, -0.05) is 54.6 Å². The molecular weight excluding hydrogens is 364 g/mol. The number of amides is 2. The molecule has 2 amide bonds. The Morgan fingerprint density at radius 3 is 2.31 bits per heavy atom. The molecule has 3 aromatic carbocycles. The van der Waals surface area contributed by atoms with Gasteiger partial charge in [0.1, 0.15) is 5.75 Å². The van der Waals surface area contributed by atoms with Crippen molar-refractivity contribution in [1.29, 1.82) is 0 Å². The van der Waals surface area contributed by atoms with Crippen molar-refractivity contribution in [1.82, 2.24) is 5.32 Å². The number of nitrogens with two attached hydrogens (primary N) is 1. The minimum absolute atomic E-state index is 0.432. The van der Waals surface area contributed by atoms with Crippen molar-refractivity contribution in [2.45, 2.75) is 19.3 Å². The first-order valence-corrected chi connectivity index (χ1v) is 9.62. The number of ether oxygens (including phenoxy) is 1. The fourth-order valence-corrected chi connectivity index (χ4v) is 3.02. The van der Waals surface area contributed by atoms with Crippen LogP contribution in [-0.4, -0.2) is 18.5 Å². The zero-order valence-corrected chi connectivity index (χ0v) is 16.1. The van der Waals surface area contributed by atoms with Crippen LogP contribution < -0.4 is 15.8 Å². The molecule has 0 aromatic heterocycles. The highest BCUT2D eigenvalue weighted by atomic mass is 16.6. The van der Waals surface area contributed by atoms with Gasteiger partial charge >= 0.3 is 6.09 Å². The van der Waals surface area contributed by atoms with Crippen molar-refractivity contribution >= 4 is 12.0 Å². The number of unbranched alkanes of at least 4 members (excludes halogenated alkanes) is 1. The van der Waals surface area contributed by atoms with Crippen LogP contribution in [0.2, 0.25) is 0 Å². The van der Waals surface area contributed by atoms with Crippen molar-refractivity contribution in [3.05, 3.63) is 90.0 Å². The Morgan fingerprint density at radius 2 is 1.55 bits per heavy atom. The molecule has 0 aliphatic rings. The Labute approximate surface area is 170 Å². The van der Waals surface area contributed by atoms with Crippen LogP contribution in [-0.2, 0) is 6.42 Å². The first kappa shape index (κ1) is 20.1. The van der Waals surface area contributed by atoms with Gasteiger partial charge in [0.25, 0.3) is 0 Å². The number of benzene rings is 3. The van der Waals surface area contributed by atoms with Gasteiger partial charge in [0.2, 0.25) is 5.91 Å². The highest BCUT2D eigenvalue weighted by Crippen LogP contribution is 2.24. The predicted molar refractivity (Wildman–Crippen MR) is 114 cm³/mol. The molecule has 0 aliphatic carbocycles. The van der Waals surface area contributed by atoms with Crippen molar-refractivity contribution in [3.63, 3.8) is 0 Å². The van der Waals surface area contributed by atoms with Gasteiger partial charge in [0.05, 0.1) is 0 Å². The fraction of sp³-hybridized carbons (Fsp3) is 0.167. The molecule has 0 saturated carbocycles. The van der Waals surface area contributed by atoms with Crippen LogP contribution in [0.25, 0.3) is 11.1 Å². The third-order valence-corrected chi connectivity index (χ3v) is 4.53. The highest BCUT2D eigenvalue weighted by molar-refractivity contribution is 5.94. The number of hydrogen-bond acceptors (Lipinski definition) is 3. The van der Waals surface area contributed by atoms with E-state index in [4.69, 9.17) is 10.5 Å². The molecule has 3 aromatic rings. The summed E-state index contributed by atoms with van der Waals surface area (Å²) in [5.74, 6) is -0.0420. The molecule has 3 N–H and O–H groups in total. The van der Waals surface area contributed by atoms with E-state index in [0.29, 0.717) is 17.9 Å². The monoisotopic (exact) mass is 388 g/mol. The Kier molecular flexibility index (Phi) is 7.00. The zero-order chi connectivity index (χ0) is 20.5. The average Bonchev–Trinajstić information content (AvgIpc) is 2.74. The van der Waals surface area contributed by atoms with Gasteiger partial charge < -0.3 is 15.8 Å². The summed E-state index contributed by atoms with van der Waals surface area (Å²) >= 11 is 0. The summed E-state index contributed by atoms with van der Waals surface area (Å²) in [5.41, 5.74) is 8.73. The molecule has 29 heavy (non-hydrogen) atoms. The maximum absolute atomic E-state index is 12.0. The summed E-state index contributed by atoms with van der Waals surface area (Å²) < 4.78 is 5.38. The summed E-state index contributed by atoms with van der Waals surface area (Å²) in [6, 6.07) is 24.5. The lowest BCUT2D eigenvalue weighted by molar-refractivity contribution is 0.1000. The summed E-state index contributed by atoms with van der Waals surface area (Å²) in [7, 11) is 0. The Hall–Kier alpha value is -3.60. The number of rotatable bonds is 8. The van der Waals surface area contributed by atoms with Gasteiger partial charge in [-0.25, -0.2) is 4.79 Å². The molecule has 148 valence electrons. The van der Waals surface area contributed by atoms with E-state index < -0.39 is 12.0 Å². The first-order valence-electron chi connectivity index (χ1n) is 9.62. The third kappa shape index (κ3) is 6.21.